The molecule has 1 fully saturated rings. The highest BCUT2D eigenvalue weighted by Gasteiger charge is 2.61. The van der Waals surface area contributed by atoms with E-state index in [1.807, 2.05) is 51.1 Å². The van der Waals surface area contributed by atoms with Crippen LogP contribution in [0.25, 0.3) is 0 Å². The number of sulfonamides is 1. The number of benzene rings is 2. The standard InChI is InChI=1S/C24H32BrN3O5S/c1-24(2,3)28(23(29)30)16-19(13-20(28)14-26)27(15-17-8-6-5-7-9-17)34(31,32)22-12-18(25)10-11-21(22)33-4/h5-12,19-20H,13-16,26H2,1-4H3/p+1/t19-,20-,28?/m1/s1. The van der Waals surface area contributed by atoms with E-state index < -0.39 is 33.7 Å². The van der Waals surface area contributed by atoms with Crippen LogP contribution in [0.2, 0.25) is 0 Å². The van der Waals surface area contributed by atoms with E-state index in [2.05, 4.69) is 15.9 Å². The Morgan fingerprint density at radius 1 is 1.24 bits per heavy atom. The molecule has 0 spiro atoms. The molecule has 34 heavy (non-hydrogen) atoms. The van der Waals surface area contributed by atoms with Crippen molar-refractivity contribution in [2.75, 3.05) is 20.2 Å². The maximum atomic E-state index is 14.1. The minimum absolute atomic E-state index is 0.0284. The monoisotopic (exact) mass is 554 g/mol. The summed E-state index contributed by atoms with van der Waals surface area (Å²) < 4.78 is 35.3. The fraction of sp³-hybridized carbons (Fsp3) is 0.458. The first kappa shape index (κ1) is 26.6. The molecule has 3 atom stereocenters. The molecule has 1 saturated heterocycles. The van der Waals surface area contributed by atoms with Gasteiger partial charge >= 0.3 is 6.09 Å². The molecule has 1 unspecified atom stereocenters. The van der Waals surface area contributed by atoms with Crippen LogP contribution in [0.4, 0.5) is 4.79 Å². The van der Waals surface area contributed by atoms with Gasteiger partial charge in [0.2, 0.25) is 10.0 Å². The molecule has 2 aromatic carbocycles. The van der Waals surface area contributed by atoms with Gasteiger partial charge in [-0.2, -0.15) is 9.10 Å². The van der Waals surface area contributed by atoms with Gasteiger partial charge in [0.05, 0.1) is 13.2 Å². The van der Waals surface area contributed by atoms with Crippen LogP contribution in [-0.4, -0.2) is 66.2 Å². The van der Waals surface area contributed by atoms with Gasteiger partial charge in [0.1, 0.15) is 28.8 Å². The molecule has 0 aliphatic carbocycles. The Bertz CT molecular complexity index is 1140. The minimum atomic E-state index is -4.07. The number of hydrogen-bond acceptors (Lipinski definition) is 5. The van der Waals surface area contributed by atoms with E-state index in [1.54, 1.807) is 12.1 Å². The van der Waals surface area contributed by atoms with Crippen molar-refractivity contribution >= 4 is 32.0 Å². The normalized spacial score (nSPS) is 23.3. The predicted molar refractivity (Wildman–Crippen MR) is 134 cm³/mol. The number of likely N-dealkylation sites (tertiary alicyclic amines) is 1. The summed E-state index contributed by atoms with van der Waals surface area (Å²) in [5.74, 6) is 0.226. The molecule has 3 N–H and O–H groups in total. The molecule has 186 valence electrons. The van der Waals surface area contributed by atoms with Crippen molar-refractivity contribution in [2.24, 2.45) is 5.73 Å². The molecule has 10 heteroatoms. The van der Waals surface area contributed by atoms with Crippen LogP contribution >= 0.6 is 15.9 Å². The van der Waals surface area contributed by atoms with Crippen LogP contribution in [0, 0.1) is 0 Å². The molecular formula is C24H33BrN3O5S+. The predicted octanol–water partition coefficient (Wildman–Crippen LogP) is 4.04. The molecule has 2 aromatic rings. The van der Waals surface area contributed by atoms with Gasteiger partial charge in [-0.1, -0.05) is 46.3 Å². The molecule has 1 heterocycles. The highest BCUT2D eigenvalue weighted by atomic mass is 79.9. The summed E-state index contributed by atoms with van der Waals surface area (Å²) >= 11 is 3.37. The second-order valence-electron chi connectivity index (χ2n) is 9.61. The lowest BCUT2D eigenvalue weighted by molar-refractivity contribution is -0.913. The number of carboxylic acid groups (broad SMARTS) is 1. The number of nitrogens with two attached hydrogens (primary N) is 1. The highest BCUT2D eigenvalue weighted by Crippen LogP contribution is 2.41. The molecule has 3 rings (SSSR count). The number of nitrogens with zero attached hydrogens (tertiary/aromatic N) is 2. The lowest BCUT2D eigenvalue weighted by atomic mass is 10.00. The SMILES string of the molecule is COc1ccc(Br)cc1S(=O)(=O)N(Cc1ccccc1)[C@@H]1C[C@H](CN)[N+](C(=O)O)(C(C)(C)C)C1. The van der Waals surface area contributed by atoms with E-state index >= 15 is 0 Å². The van der Waals surface area contributed by atoms with Crippen molar-refractivity contribution in [1.82, 2.24) is 4.31 Å². The van der Waals surface area contributed by atoms with Crippen molar-refractivity contribution in [3.8, 4) is 5.75 Å². The van der Waals surface area contributed by atoms with E-state index in [-0.39, 0.29) is 34.8 Å². The third-order valence-corrected chi connectivity index (χ3v) is 9.19. The van der Waals surface area contributed by atoms with Crippen LogP contribution in [0.1, 0.15) is 32.8 Å². The van der Waals surface area contributed by atoms with E-state index in [0.717, 1.165) is 5.56 Å². The molecule has 0 saturated carbocycles. The first-order valence-corrected chi connectivity index (χ1v) is 13.3. The average molecular weight is 556 g/mol. The zero-order valence-corrected chi connectivity index (χ0v) is 22.3. The average Bonchev–Trinajstić information content (AvgIpc) is 3.19. The number of quaternary nitrogens is 1. The fourth-order valence-electron chi connectivity index (χ4n) is 5.03. The Morgan fingerprint density at radius 2 is 1.88 bits per heavy atom. The van der Waals surface area contributed by atoms with Crippen molar-refractivity contribution in [3.63, 3.8) is 0 Å². The maximum absolute atomic E-state index is 14.1. The number of ether oxygens (including phenoxy) is 1. The summed E-state index contributed by atoms with van der Waals surface area (Å²) in [6.07, 6.45) is -0.662. The third kappa shape index (κ3) is 4.74. The summed E-state index contributed by atoms with van der Waals surface area (Å²) in [5.41, 5.74) is 6.20. The van der Waals surface area contributed by atoms with E-state index in [9.17, 15) is 18.3 Å². The molecular weight excluding hydrogens is 522 g/mol. The summed E-state index contributed by atoms with van der Waals surface area (Å²) in [6, 6.07) is 13.1. The number of halogens is 1. The van der Waals surface area contributed by atoms with Crippen molar-refractivity contribution in [3.05, 3.63) is 58.6 Å². The Morgan fingerprint density at radius 3 is 2.38 bits per heavy atom. The molecule has 1 aliphatic rings. The Kier molecular flexibility index (Phi) is 7.79. The highest BCUT2D eigenvalue weighted by molar-refractivity contribution is 9.10. The number of rotatable bonds is 7. The first-order valence-electron chi connectivity index (χ1n) is 11.1. The molecule has 1 aliphatic heterocycles. The quantitative estimate of drug-likeness (QED) is 0.499. The first-order chi connectivity index (χ1) is 15.9. The topological polar surface area (TPSA) is 110 Å². The molecule has 0 radical (unpaired) electrons. The van der Waals surface area contributed by atoms with Gasteiger partial charge in [-0.3, -0.25) is 0 Å². The van der Waals surface area contributed by atoms with E-state index in [1.165, 1.54) is 17.5 Å². The van der Waals surface area contributed by atoms with Gasteiger partial charge < -0.3 is 15.6 Å². The van der Waals surface area contributed by atoms with Gasteiger partial charge in [-0.05, 0) is 44.5 Å². The zero-order chi connectivity index (χ0) is 25.3. The van der Waals surface area contributed by atoms with Crippen molar-refractivity contribution < 1.29 is 27.5 Å². The van der Waals surface area contributed by atoms with Gasteiger partial charge in [0.25, 0.3) is 0 Å². The van der Waals surface area contributed by atoms with Gasteiger partial charge in [0, 0.05) is 24.0 Å². The zero-order valence-electron chi connectivity index (χ0n) is 19.9. The van der Waals surface area contributed by atoms with Crippen molar-refractivity contribution in [2.45, 2.75) is 56.3 Å². The Balaban J connectivity index is 2.16. The smallest absolute Gasteiger partial charge is 0.495 e. The van der Waals surface area contributed by atoms with Gasteiger partial charge in [-0.15, -0.1) is 0 Å². The molecule has 1 amide bonds. The third-order valence-electron chi connectivity index (χ3n) is 6.78. The van der Waals surface area contributed by atoms with Crippen molar-refractivity contribution in [1.29, 1.82) is 0 Å². The summed E-state index contributed by atoms with van der Waals surface area (Å²) in [6.45, 7) is 5.94. The Hall–Kier alpha value is -1.98. The van der Waals surface area contributed by atoms with Gasteiger partial charge in [0.15, 0.2) is 0 Å². The summed E-state index contributed by atoms with van der Waals surface area (Å²) in [7, 11) is -2.64. The summed E-state index contributed by atoms with van der Waals surface area (Å²) in [4.78, 5) is 12.7. The second-order valence-corrected chi connectivity index (χ2v) is 12.4. The van der Waals surface area contributed by atoms with Crippen LogP contribution in [0.3, 0.4) is 0 Å². The Labute approximate surface area is 210 Å². The van der Waals surface area contributed by atoms with Gasteiger partial charge in [-0.25, -0.2) is 12.9 Å². The van der Waals surface area contributed by atoms with Crippen LogP contribution in [0.5, 0.6) is 5.75 Å². The number of amides is 1. The summed E-state index contributed by atoms with van der Waals surface area (Å²) in [5, 5.41) is 10.4. The number of carbonyl (C=O) groups is 1. The number of hydrogen-bond donors (Lipinski definition) is 2. The molecule has 0 aromatic heterocycles. The largest absolute Gasteiger partial charge is 0.514 e. The lowest BCUT2D eigenvalue weighted by Crippen LogP contribution is -2.67. The fourth-order valence-corrected chi connectivity index (χ4v) is 7.34. The van der Waals surface area contributed by atoms with Crippen LogP contribution in [-0.2, 0) is 16.6 Å². The second kappa shape index (κ2) is 9.94. The molecule has 0 bridgehead atoms. The van der Waals surface area contributed by atoms with Crippen LogP contribution in [0.15, 0.2) is 57.9 Å². The maximum Gasteiger partial charge on any atom is 0.514 e. The molecule has 8 nitrogen and oxygen atoms in total. The van der Waals surface area contributed by atoms with Crippen LogP contribution < -0.4 is 10.5 Å². The lowest BCUT2D eigenvalue weighted by Gasteiger charge is -2.44. The number of methoxy groups -OCH3 is 1. The minimum Gasteiger partial charge on any atom is -0.495 e. The van der Waals surface area contributed by atoms with E-state index in [4.69, 9.17) is 10.5 Å². The van der Waals surface area contributed by atoms with E-state index in [0.29, 0.717) is 10.9 Å².